The highest BCUT2D eigenvalue weighted by Crippen LogP contribution is 2.20. The maximum atomic E-state index is 11.1. The van der Waals surface area contributed by atoms with Gasteiger partial charge in [0.1, 0.15) is 5.75 Å². The number of primary sulfonamides is 1. The normalized spacial score (nSPS) is 12.4. The molecule has 1 heterocycles. The molecule has 2 rings (SSSR count). The largest absolute Gasteiger partial charge is 0.484 e. The molecule has 0 atom stereocenters. The lowest BCUT2D eigenvalue weighted by Crippen LogP contribution is -2.13. The first-order valence-electron chi connectivity index (χ1n) is 6.25. The highest BCUT2D eigenvalue weighted by Gasteiger charge is 2.21. The summed E-state index contributed by atoms with van der Waals surface area (Å²) in [5.74, 6) is 1.44. The monoisotopic (exact) mass is 311 g/mol. The molecule has 21 heavy (non-hydrogen) atoms. The summed E-state index contributed by atoms with van der Waals surface area (Å²) in [4.78, 5) is 4.26. The summed E-state index contributed by atoms with van der Waals surface area (Å²) in [5.41, 5.74) is -0.196. The van der Waals surface area contributed by atoms with Crippen LogP contribution in [0.1, 0.15) is 32.5 Å². The van der Waals surface area contributed by atoms with Crippen LogP contribution >= 0.6 is 0 Å². The Morgan fingerprint density at radius 2 is 1.86 bits per heavy atom. The molecule has 114 valence electrons. The number of benzene rings is 1. The molecule has 0 unspecified atom stereocenters. The summed E-state index contributed by atoms with van der Waals surface area (Å²) in [6, 6.07) is 5.78. The van der Waals surface area contributed by atoms with Crippen LogP contribution in [-0.2, 0) is 22.0 Å². The van der Waals surface area contributed by atoms with Gasteiger partial charge in [-0.05, 0) is 24.3 Å². The summed E-state index contributed by atoms with van der Waals surface area (Å²) in [5, 5.41) is 8.90. The van der Waals surface area contributed by atoms with Gasteiger partial charge in [-0.15, -0.1) is 0 Å². The van der Waals surface area contributed by atoms with Crippen molar-refractivity contribution in [2.24, 2.45) is 5.14 Å². The molecule has 0 amide bonds. The molecular formula is C13H17N3O4S. The Hall–Kier alpha value is -1.93. The maximum absolute atomic E-state index is 11.1. The quantitative estimate of drug-likeness (QED) is 0.918. The molecule has 7 nitrogen and oxygen atoms in total. The molecule has 0 aliphatic carbocycles. The number of sulfonamides is 1. The van der Waals surface area contributed by atoms with Gasteiger partial charge in [-0.25, -0.2) is 13.6 Å². The Morgan fingerprint density at radius 3 is 2.33 bits per heavy atom. The fourth-order valence-corrected chi connectivity index (χ4v) is 2.00. The number of hydrogen-bond acceptors (Lipinski definition) is 6. The third kappa shape index (κ3) is 4.02. The molecule has 8 heteroatoms. The van der Waals surface area contributed by atoms with Crippen molar-refractivity contribution < 1.29 is 17.7 Å². The molecule has 1 aromatic carbocycles. The van der Waals surface area contributed by atoms with Gasteiger partial charge in [-0.3, -0.25) is 0 Å². The first-order chi connectivity index (χ1) is 9.66. The minimum absolute atomic E-state index is 0.0302. The Labute approximate surface area is 123 Å². The summed E-state index contributed by atoms with van der Waals surface area (Å²) < 4.78 is 32.8. The smallest absolute Gasteiger partial charge is 0.264 e. The fraction of sp³-hybridized carbons (Fsp3) is 0.385. The van der Waals surface area contributed by atoms with Crippen LogP contribution in [0.3, 0.4) is 0 Å². The van der Waals surface area contributed by atoms with Crippen molar-refractivity contribution in [2.45, 2.75) is 37.7 Å². The Kier molecular flexibility index (Phi) is 4.02. The number of nitrogens with zero attached hydrogens (tertiary/aromatic N) is 2. The van der Waals surface area contributed by atoms with Crippen molar-refractivity contribution in [3.05, 3.63) is 36.0 Å². The van der Waals surface area contributed by atoms with Crippen LogP contribution in [0.25, 0.3) is 0 Å². The maximum Gasteiger partial charge on any atom is 0.264 e. The first-order valence-corrected chi connectivity index (χ1v) is 7.79. The average Bonchev–Trinajstić information content (AvgIpc) is 2.84. The summed E-state index contributed by atoms with van der Waals surface area (Å²) in [6.45, 7) is 6.05. The van der Waals surface area contributed by atoms with E-state index in [0.29, 0.717) is 17.5 Å². The molecule has 0 bridgehead atoms. The van der Waals surface area contributed by atoms with Crippen molar-refractivity contribution in [3.63, 3.8) is 0 Å². The Morgan fingerprint density at radius 1 is 1.24 bits per heavy atom. The summed E-state index contributed by atoms with van der Waals surface area (Å²) in [6.07, 6.45) is 0. The van der Waals surface area contributed by atoms with E-state index in [9.17, 15) is 8.42 Å². The van der Waals surface area contributed by atoms with Gasteiger partial charge in [0.15, 0.2) is 12.4 Å². The lowest BCUT2D eigenvalue weighted by Gasteiger charge is -2.10. The van der Waals surface area contributed by atoms with Crippen molar-refractivity contribution >= 4 is 10.0 Å². The van der Waals surface area contributed by atoms with E-state index in [4.69, 9.17) is 14.4 Å². The fourth-order valence-electron chi connectivity index (χ4n) is 1.49. The molecule has 1 aromatic heterocycles. The highest BCUT2D eigenvalue weighted by molar-refractivity contribution is 7.89. The van der Waals surface area contributed by atoms with Gasteiger partial charge in [0.05, 0.1) is 4.90 Å². The van der Waals surface area contributed by atoms with Gasteiger partial charge in [0.25, 0.3) is 5.89 Å². The minimum Gasteiger partial charge on any atom is -0.484 e. The number of hydrogen-bond donors (Lipinski definition) is 1. The number of rotatable bonds is 4. The van der Waals surface area contributed by atoms with Crippen molar-refractivity contribution in [1.29, 1.82) is 0 Å². The van der Waals surface area contributed by atoms with Gasteiger partial charge in [-0.2, -0.15) is 4.98 Å². The second-order valence-electron chi connectivity index (χ2n) is 5.57. The van der Waals surface area contributed by atoms with E-state index >= 15 is 0 Å². The Bertz CT molecular complexity index is 715. The summed E-state index contributed by atoms with van der Waals surface area (Å²) in [7, 11) is -3.70. The molecule has 0 radical (unpaired) electrons. The van der Waals surface area contributed by atoms with Crippen LogP contribution in [0.15, 0.2) is 33.7 Å². The van der Waals surface area contributed by atoms with E-state index < -0.39 is 10.0 Å². The van der Waals surface area contributed by atoms with Gasteiger partial charge in [-0.1, -0.05) is 25.9 Å². The second kappa shape index (κ2) is 5.45. The lowest BCUT2D eigenvalue weighted by atomic mass is 9.96. The molecule has 0 saturated heterocycles. The zero-order valence-corrected chi connectivity index (χ0v) is 12.8. The topological polar surface area (TPSA) is 108 Å². The standard InChI is InChI=1S/C13H17N3O4S/c1-13(2,3)12-15-11(20-16-12)8-19-9-4-6-10(7-5-9)21(14,17)18/h4-7H,8H2,1-3H3,(H2,14,17,18). The van der Waals surface area contributed by atoms with E-state index in [-0.39, 0.29) is 16.9 Å². The molecule has 0 saturated carbocycles. The van der Waals surface area contributed by atoms with Crippen LogP contribution in [0.4, 0.5) is 0 Å². The van der Waals surface area contributed by atoms with Gasteiger partial charge < -0.3 is 9.26 Å². The van der Waals surface area contributed by atoms with Gasteiger partial charge in [0.2, 0.25) is 10.0 Å². The van der Waals surface area contributed by atoms with E-state index in [1.807, 2.05) is 20.8 Å². The van der Waals surface area contributed by atoms with Crippen LogP contribution in [0.5, 0.6) is 5.75 Å². The lowest BCUT2D eigenvalue weighted by molar-refractivity contribution is 0.242. The third-order valence-electron chi connectivity index (χ3n) is 2.65. The predicted molar refractivity (Wildman–Crippen MR) is 75.1 cm³/mol. The van der Waals surface area contributed by atoms with Crippen LogP contribution in [0, 0.1) is 0 Å². The SMILES string of the molecule is CC(C)(C)c1noc(COc2ccc(S(N)(=O)=O)cc2)n1. The van der Waals surface area contributed by atoms with Crippen molar-refractivity contribution in [1.82, 2.24) is 10.1 Å². The minimum atomic E-state index is -3.70. The second-order valence-corrected chi connectivity index (χ2v) is 7.13. The van der Waals surface area contributed by atoms with Crippen molar-refractivity contribution in [3.8, 4) is 5.75 Å². The number of nitrogens with two attached hydrogens (primary N) is 1. The molecular weight excluding hydrogens is 294 g/mol. The average molecular weight is 311 g/mol. The molecule has 2 N–H and O–H groups in total. The summed E-state index contributed by atoms with van der Waals surface area (Å²) >= 11 is 0. The molecule has 0 aliphatic heterocycles. The first kappa shape index (κ1) is 15.5. The molecule has 2 aromatic rings. The third-order valence-corrected chi connectivity index (χ3v) is 3.58. The Balaban J connectivity index is 2.02. The van der Waals surface area contributed by atoms with Crippen molar-refractivity contribution in [2.75, 3.05) is 0 Å². The zero-order chi connectivity index (χ0) is 15.7. The highest BCUT2D eigenvalue weighted by atomic mass is 32.2. The van der Waals surface area contributed by atoms with Crippen LogP contribution in [-0.4, -0.2) is 18.6 Å². The molecule has 0 fully saturated rings. The van der Waals surface area contributed by atoms with Gasteiger partial charge >= 0.3 is 0 Å². The van der Waals surface area contributed by atoms with Crippen LogP contribution in [0.2, 0.25) is 0 Å². The van der Waals surface area contributed by atoms with E-state index in [1.54, 1.807) is 0 Å². The van der Waals surface area contributed by atoms with E-state index in [1.165, 1.54) is 24.3 Å². The van der Waals surface area contributed by atoms with Crippen LogP contribution < -0.4 is 9.88 Å². The molecule has 0 aliphatic rings. The zero-order valence-electron chi connectivity index (χ0n) is 12.0. The van der Waals surface area contributed by atoms with E-state index in [2.05, 4.69) is 10.1 Å². The molecule has 0 spiro atoms. The predicted octanol–water partition coefficient (Wildman–Crippen LogP) is 1.59. The van der Waals surface area contributed by atoms with Gasteiger partial charge in [0, 0.05) is 5.41 Å². The number of aromatic nitrogens is 2. The number of ether oxygens (including phenoxy) is 1. The van der Waals surface area contributed by atoms with E-state index in [0.717, 1.165) is 0 Å².